The zero-order chi connectivity index (χ0) is 29.4. The lowest BCUT2D eigenvalue weighted by Crippen LogP contribution is -2.54. The number of carbonyl (C=O) groups is 4. The van der Waals surface area contributed by atoms with Gasteiger partial charge in [0.15, 0.2) is 0 Å². The fraction of sp³-hybridized carbons (Fsp3) is 0.387. The second-order valence-corrected chi connectivity index (χ2v) is 12.1. The molecule has 2 N–H and O–H groups in total. The molecule has 4 aromatic rings. The Bertz CT molecular complexity index is 1850. The molecule has 2 aliphatic heterocycles. The van der Waals surface area contributed by atoms with Gasteiger partial charge in [0.25, 0.3) is 11.8 Å². The van der Waals surface area contributed by atoms with Crippen LogP contribution in [0.5, 0.6) is 0 Å². The first-order valence-corrected chi connectivity index (χ1v) is 14.8. The molecule has 8 rings (SSSR count). The fourth-order valence-corrected chi connectivity index (χ4v) is 6.56. The van der Waals surface area contributed by atoms with Crippen LogP contribution in [0.3, 0.4) is 0 Å². The van der Waals surface area contributed by atoms with Gasteiger partial charge in [-0.2, -0.15) is 10.2 Å². The van der Waals surface area contributed by atoms with Crippen molar-refractivity contribution in [3.63, 3.8) is 0 Å². The Morgan fingerprint density at radius 3 is 2.58 bits per heavy atom. The Kier molecular flexibility index (Phi) is 5.75. The number of amides is 4. The summed E-state index contributed by atoms with van der Waals surface area (Å²) < 4.78 is 3.95. The number of piperidine rings is 1. The number of rotatable bonds is 7. The summed E-state index contributed by atoms with van der Waals surface area (Å²) in [4.78, 5) is 55.8. The van der Waals surface area contributed by atoms with Crippen LogP contribution in [0.15, 0.2) is 42.7 Å². The summed E-state index contributed by atoms with van der Waals surface area (Å²) in [6, 6.07) is 8.59. The second-order valence-electron chi connectivity index (χ2n) is 12.1. The lowest BCUT2D eigenvalue weighted by molar-refractivity contribution is -0.136. The third-order valence-corrected chi connectivity index (χ3v) is 9.22. The second kappa shape index (κ2) is 9.58. The van der Waals surface area contributed by atoms with Gasteiger partial charge in [0, 0.05) is 43.4 Å². The van der Waals surface area contributed by atoms with Crippen LogP contribution in [0.4, 0.5) is 5.69 Å². The number of benzene rings is 1. The van der Waals surface area contributed by atoms with Gasteiger partial charge in [0.2, 0.25) is 11.8 Å². The molecule has 1 atom stereocenters. The summed E-state index contributed by atoms with van der Waals surface area (Å²) in [6.45, 7) is 0.733. The normalized spacial score (nSPS) is 23.5. The molecule has 1 aromatic carbocycles. The number of aryl methyl sites for hydroxylation is 1. The molecule has 0 spiro atoms. The van der Waals surface area contributed by atoms with Crippen LogP contribution in [0.25, 0.3) is 22.3 Å². The predicted molar refractivity (Wildman–Crippen MR) is 155 cm³/mol. The molecule has 4 aliphatic rings. The van der Waals surface area contributed by atoms with E-state index in [4.69, 9.17) is 10.1 Å². The van der Waals surface area contributed by atoms with Crippen molar-refractivity contribution in [1.82, 2.24) is 34.8 Å². The van der Waals surface area contributed by atoms with Gasteiger partial charge in [0.05, 0.1) is 40.3 Å². The average molecular weight is 579 g/mol. The number of carbonyl (C=O) groups excluding carboxylic acids is 4. The number of pyridine rings is 1. The molecular weight excluding hydrogens is 548 g/mol. The zero-order valence-corrected chi connectivity index (χ0v) is 23.6. The molecule has 1 unspecified atom stereocenters. The predicted octanol–water partition coefficient (Wildman–Crippen LogP) is 3.17. The standard InChI is InChI=1S/C31H30N8O4/c1-37-25-7-6-23(34-24(25)14-33-37)22-15-38(36-28(22)17-2-3-17)19-10-16(11-19)13-32-18-4-5-20-21(12-18)31(43)39(30(20)42)26-8-9-27(40)35-29(26)41/h4-7,12,14-17,19,26,32H,2-3,8-11,13H2,1H3,(H,35,40,41). The molecule has 43 heavy (non-hydrogen) atoms. The van der Waals surface area contributed by atoms with E-state index >= 15 is 0 Å². The fourth-order valence-electron chi connectivity index (χ4n) is 6.56. The Balaban J connectivity index is 0.923. The van der Waals surface area contributed by atoms with Crippen LogP contribution in [-0.2, 0) is 16.6 Å². The average Bonchev–Trinajstić information content (AvgIpc) is 3.55. The van der Waals surface area contributed by atoms with Crippen LogP contribution in [-0.4, -0.2) is 65.7 Å². The van der Waals surface area contributed by atoms with Crippen molar-refractivity contribution >= 4 is 40.3 Å². The largest absolute Gasteiger partial charge is 0.385 e. The quantitative estimate of drug-likeness (QED) is 0.318. The summed E-state index contributed by atoms with van der Waals surface area (Å²) in [6.07, 6.45) is 8.49. The van der Waals surface area contributed by atoms with Gasteiger partial charge in [-0.1, -0.05) is 0 Å². The van der Waals surface area contributed by atoms with Gasteiger partial charge in [-0.3, -0.25) is 38.8 Å². The summed E-state index contributed by atoms with van der Waals surface area (Å²) in [5.74, 6) is -1.05. The summed E-state index contributed by atoms with van der Waals surface area (Å²) in [7, 11) is 1.92. The number of hydrogen-bond acceptors (Lipinski definition) is 8. The topological polar surface area (TPSA) is 144 Å². The van der Waals surface area contributed by atoms with Crippen LogP contribution >= 0.6 is 0 Å². The smallest absolute Gasteiger partial charge is 0.262 e. The molecular formula is C31H30N8O4. The van der Waals surface area contributed by atoms with E-state index in [1.807, 2.05) is 11.7 Å². The minimum atomic E-state index is -0.967. The first-order chi connectivity index (χ1) is 20.8. The molecule has 0 bridgehead atoms. The minimum absolute atomic E-state index is 0.0960. The molecule has 218 valence electrons. The van der Waals surface area contributed by atoms with Crippen LogP contribution in [0.2, 0.25) is 0 Å². The first kappa shape index (κ1) is 25.8. The third kappa shape index (κ3) is 4.31. The highest BCUT2D eigenvalue weighted by atomic mass is 16.2. The SMILES string of the molecule is Cn1ncc2nc(-c3cn(C4CC(CNc5ccc6c(c5)C(=O)N(C5CCC(=O)NC5=O)C6=O)C4)nc3C3CC3)ccc21. The van der Waals surface area contributed by atoms with Gasteiger partial charge in [-0.25, -0.2) is 4.98 Å². The molecule has 2 aliphatic carbocycles. The Labute approximate surface area is 246 Å². The maximum Gasteiger partial charge on any atom is 0.262 e. The molecule has 5 heterocycles. The van der Waals surface area contributed by atoms with Crippen molar-refractivity contribution in [2.45, 2.75) is 56.5 Å². The van der Waals surface area contributed by atoms with Crippen LogP contribution < -0.4 is 10.6 Å². The van der Waals surface area contributed by atoms with E-state index in [0.717, 1.165) is 70.8 Å². The summed E-state index contributed by atoms with van der Waals surface area (Å²) in [5.41, 5.74) is 6.38. The van der Waals surface area contributed by atoms with Crippen LogP contribution in [0, 0.1) is 5.92 Å². The van der Waals surface area contributed by atoms with E-state index in [1.54, 1.807) is 24.4 Å². The van der Waals surface area contributed by atoms with Crippen molar-refractivity contribution in [1.29, 1.82) is 0 Å². The number of nitrogens with zero attached hydrogens (tertiary/aromatic N) is 6. The summed E-state index contributed by atoms with van der Waals surface area (Å²) >= 11 is 0. The molecule has 3 fully saturated rings. The Hall–Kier alpha value is -4.87. The van der Waals surface area contributed by atoms with E-state index in [9.17, 15) is 19.2 Å². The molecule has 3 aromatic heterocycles. The van der Waals surface area contributed by atoms with Gasteiger partial charge in [-0.05, 0) is 68.4 Å². The van der Waals surface area contributed by atoms with Gasteiger partial charge in [0.1, 0.15) is 11.6 Å². The lowest BCUT2D eigenvalue weighted by Gasteiger charge is -2.35. The van der Waals surface area contributed by atoms with E-state index in [2.05, 4.69) is 38.7 Å². The van der Waals surface area contributed by atoms with Crippen molar-refractivity contribution < 1.29 is 19.2 Å². The Morgan fingerprint density at radius 1 is 0.977 bits per heavy atom. The molecule has 4 amide bonds. The van der Waals surface area contributed by atoms with Crippen molar-refractivity contribution in [3.8, 4) is 11.3 Å². The number of hydrogen-bond donors (Lipinski definition) is 2. The molecule has 12 heteroatoms. The lowest BCUT2D eigenvalue weighted by atomic mass is 9.80. The third-order valence-electron chi connectivity index (χ3n) is 9.22. The number of fused-ring (bicyclic) bond motifs is 2. The number of imide groups is 2. The number of anilines is 1. The van der Waals surface area contributed by atoms with E-state index in [-0.39, 0.29) is 24.0 Å². The van der Waals surface area contributed by atoms with E-state index < -0.39 is 29.7 Å². The maximum atomic E-state index is 13.1. The monoisotopic (exact) mass is 578 g/mol. The number of aromatic nitrogens is 5. The maximum absolute atomic E-state index is 13.1. The van der Waals surface area contributed by atoms with Crippen molar-refractivity contribution in [3.05, 3.63) is 59.5 Å². The van der Waals surface area contributed by atoms with Crippen LogP contribution in [0.1, 0.15) is 76.9 Å². The molecule has 12 nitrogen and oxygen atoms in total. The number of nitrogens with one attached hydrogen (secondary N) is 2. The molecule has 1 saturated heterocycles. The highest BCUT2D eigenvalue weighted by Gasteiger charge is 2.44. The van der Waals surface area contributed by atoms with Gasteiger partial charge in [-0.15, -0.1) is 0 Å². The van der Waals surface area contributed by atoms with E-state index in [0.29, 0.717) is 17.9 Å². The minimum Gasteiger partial charge on any atom is -0.385 e. The molecule has 2 saturated carbocycles. The van der Waals surface area contributed by atoms with Gasteiger partial charge < -0.3 is 5.32 Å². The van der Waals surface area contributed by atoms with Crippen molar-refractivity contribution in [2.24, 2.45) is 13.0 Å². The highest BCUT2D eigenvalue weighted by molar-refractivity contribution is 6.23. The van der Waals surface area contributed by atoms with Gasteiger partial charge >= 0.3 is 0 Å². The molecule has 0 radical (unpaired) electrons. The summed E-state index contributed by atoms with van der Waals surface area (Å²) in [5, 5.41) is 15.0. The highest BCUT2D eigenvalue weighted by Crippen LogP contribution is 2.45. The Morgan fingerprint density at radius 2 is 1.79 bits per heavy atom. The van der Waals surface area contributed by atoms with Crippen molar-refractivity contribution in [2.75, 3.05) is 11.9 Å². The zero-order valence-electron chi connectivity index (χ0n) is 23.6. The van der Waals surface area contributed by atoms with E-state index in [1.165, 1.54) is 0 Å². The first-order valence-electron chi connectivity index (χ1n) is 14.8.